The van der Waals surface area contributed by atoms with Gasteiger partial charge in [-0.2, -0.15) is 0 Å². The zero-order valence-corrected chi connectivity index (χ0v) is 15.9. The molecule has 5 rings (SSSR count). The van der Waals surface area contributed by atoms with Crippen molar-refractivity contribution in [2.75, 3.05) is 25.0 Å². The lowest BCUT2D eigenvalue weighted by Crippen LogP contribution is -2.44. The van der Waals surface area contributed by atoms with Crippen LogP contribution < -0.4 is 10.3 Å². The van der Waals surface area contributed by atoms with Crippen LogP contribution in [0.1, 0.15) is 12.0 Å². The molecule has 4 nitrogen and oxygen atoms in total. The van der Waals surface area contributed by atoms with Crippen LogP contribution >= 0.6 is 0 Å². The highest BCUT2D eigenvalue weighted by Gasteiger charge is 2.42. The van der Waals surface area contributed by atoms with E-state index in [0.717, 1.165) is 36.3 Å². The first kappa shape index (κ1) is 17.4. The summed E-state index contributed by atoms with van der Waals surface area (Å²) in [6, 6.07) is 10.4. The molecule has 2 aliphatic rings. The number of pyridine rings is 1. The SMILES string of the molecule is Cc1cn(-c2ccc(F)cc2)c2cc(N3CC4CC3CN4C)c(F)cc2c1=N. The molecule has 144 valence electrons. The number of anilines is 1. The number of likely N-dealkylation sites (N-methyl/N-ethyl adjacent to an activating group) is 1. The summed E-state index contributed by atoms with van der Waals surface area (Å²) in [6.45, 7) is 3.60. The van der Waals surface area contributed by atoms with Crippen LogP contribution in [0.25, 0.3) is 16.6 Å². The van der Waals surface area contributed by atoms with Gasteiger partial charge in [-0.05, 0) is 62.4 Å². The molecule has 2 bridgehead atoms. The van der Waals surface area contributed by atoms with E-state index in [1.807, 2.05) is 23.8 Å². The molecular weight excluding hydrogens is 358 g/mol. The van der Waals surface area contributed by atoms with E-state index >= 15 is 4.39 Å². The Morgan fingerprint density at radius 2 is 1.79 bits per heavy atom. The van der Waals surface area contributed by atoms with E-state index in [1.54, 1.807) is 12.1 Å². The van der Waals surface area contributed by atoms with Gasteiger partial charge in [0.15, 0.2) is 0 Å². The first-order chi connectivity index (χ1) is 13.4. The van der Waals surface area contributed by atoms with Gasteiger partial charge >= 0.3 is 0 Å². The second-order valence-corrected chi connectivity index (χ2v) is 7.99. The third-order valence-corrected chi connectivity index (χ3v) is 6.24. The number of nitrogens with one attached hydrogen (secondary N) is 1. The zero-order chi connectivity index (χ0) is 19.6. The Labute approximate surface area is 162 Å². The Morgan fingerprint density at radius 1 is 1.04 bits per heavy atom. The second kappa shape index (κ2) is 6.14. The Hall–Kier alpha value is -2.73. The number of fused-ring (bicyclic) bond motifs is 3. The Morgan fingerprint density at radius 3 is 2.43 bits per heavy atom. The van der Waals surface area contributed by atoms with E-state index in [-0.39, 0.29) is 11.6 Å². The number of hydrogen-bond donors (Lipinski definition) is 1. The maximum atomic E-state index is 15.1. The molecule has 1 aromatic heterocycles. The molecule has 0 amide bonds. The van der Waals surface area contributed by atoms with Crippen molar-refractivity contribution in [1.29, 1.82) is 5.41 Å². The van der Waals surface area contributed by atoms with Crippen LogP contribution in [0.4, 0.5) is 14.5 Å². The molecule has 2 fully saturated rings. The van der Waals surface area contributed by atoms with E-state index in [2.05, 4.69) is 16.8 Å². The quantitative estimate of drug-likeness (QED) is 0.738. The minimum absolute atomic E-state index is 0.285. The van der Waals surface area contributed by atoms with Crippen molar-refractivity contribution in [3.8, 4) is 5.69 Å². The lowest BCUT2D eigenvalue weighted by atomic mass is 10.1. The molecule has 1 N–H and O–H groups in total. The molecule has 0 aliphatic carbocycles. The fraction of sp³-hybridized carbons (Fsp3) is 0.318. The summed E-state index contributed by atoms with van der Waals surface area (Å²) < 4.78 is 30.4. The normalized spacial score (nSPS) is 21.8. The minimum Gasteiger partial charge on any atom is -0.363 e. The van der Waals surface area contributed by atoms with Gasteiger partial charge < -0.3 is 9.47 Å². The van der Waals surface area contributed by atoms with Gasteiger partial charge in [-0.15, -0.1) is 0 Å². The third-order valence-electron chi connectivity index (χ3n) is 6.24. The van der Waals surface area contributed by atoms with Gasteiger partial charge in [0, 0.05) is 42.4 Å². The standard InChI is InChI=1S/C22H22F2N4/c1-13-10-27(15-5-3-14(23)4-6-15)20-9-21(19(24)8-18(20)22(13)25)28-12-16-7-17(28)11-26(16)2/h3-6,8-10,16-17,25H,7,11-12H2,1-2H3. The Kier molecular flexibility index (Phi) is 3.81. The summed E-state index contributed by atoms with van der Waals surface area (Å²) in [5.41, 5.74) is 2.88. The van der Waals surface area contributed by atoms with Gasteiger partial charge in [-0.25, -0.2) is 8.78 Å². The van der Waals surface area contributed by atoms with Gasteiger partial charge in [-0.3, -0.25) is 10.3 Å². The molecule has 28 heavy (non-hydrogen) atoms. The van der Waals surface area contributed by atoms with Crippen LogP contribution in [-0.2, 0) is 0 Å². The topological polar surface area (TPSA) is 35.3 Å². The molecule has 2 aromatic carbocycles. The van der Waals surface area contributed by atoms with Crippen molar-refractivity contribution in [1.82, 2.24) is 9.47 Å². The minimum atomic E-state index is -0.300. The molecule has 2 atom stereocenters. The fourth-order valence-electron chi connectivity index (χ4n) is 4.69. The summed E-state index contributed by atoms with van der Waals surface area (Å²) in [5.74, 6) is -0.584. The lowest BCUT2D eigenvalue weighted by Gasteiger charge is -2.34. The van der Waals surface area contributed by atoms with Gasteiger partial charge in [0.2, 0.25) is 0 Å². The molecule has 2 aliphatic heterocycles. The van der Waals surface area contributed by atoms with Crippen molar-refractivity contribution < 1.29 is 8.78 Å². The number of halogens is 2. The predicted octanol–water partition coefficient (Wildman–Crippen LogP) is 3.59. The van der Waals surface area contributed by atoms with Gasteiger partial charge in [-0.1, -0.05) is 0 Å². The molecule has 2 unspecified atom stereocenters. The summed E-state index contributed by atoms with van der Waals surface area (Å²) in [4.78, 5) is 4.50. The van der Waals surface area contributed by atoms with Crippen molar-refractivity contribution in [3.05, 3.63) is 65.2 Å². The zero-order valence-electron chi connectivity index (χ0n) is 15.9. The molecule has 0 spiro atoms. The van der Waals surface area contributed by atoms with Crippen LogP contribution in [0.3, 0.4) is 0 Å². The molecule has 2 saturated heterocycles. The number of piperazine rings is 1. The number of benzene rings is 2. The maximum Gasteiger partial charge on any atom is 0.147 e. The van der Waals surface area contributed by atoms with Crippen molar-refractivity contribution in [2.45, 2.75) is 25.4 Å². The lowest BCUT2D eigenvalue weighted by molar-refractivity contribution is 0.292. The second-order valence-electron chi connectivity index (χ2n) is 7.99. The average molecular weight is 380 g/mol. The highest BCUT2D eigenvalue weighted by atomic mass is 19.1. The van der Waals surface area contributed by atoms with Crippen LogP contribution in [0, 0.1) is 24.0 Å². The Balaban J connectivity index is 1.71. The molecule has 3 heterocycles. The van der Waals surface area contributed by atoms with Crippen molar-refractivity contribution in [2.24, 2.45) is 0 Å². The number of aryl methyl sites for hydroxylation is 1. The van der Waals surface area contributed by atoms with Crippen molar-refractivity contribution >= 4 is 16.6 Å². The number of nitrogens with zero attached hydrogens (tertiary/aromatic N) is 3. The monoisotopic (exact) mass is 380 g/mol. The van der Waals surface area contributed by atoms with E-state index in [1.165, 1.54) is 18.2 Å². The van der Waals surface area contributed by atoms with Crippen LogP contribution in [0.15, 0.2) is 42.6 Å². The summed E-state index contributed by atoms with van der Waals surface area (Å²) in [7, 11) is 2.12. The van der Waals surface area contributed by atoms with E-state index in [0.29, 0.717) is 28.5 Å². The van der Waals surface area contributed by atoms with E-state index in [4.69, 9.17) is 5.41 Å². The van der Waals surface area contributed by atoms with Crippen LogP contribution in [0.2, 0.25) is 0 Å². The van der Waals surface area contributed by atoms with E-state index < -0.39 is 0 Å². The third kappa shape index (κ3) is 2.55. The first-order valence-electron chi connectivity index (χ1n) is 9.55. The smallest absolute Gasteiger partial charge is 0.147 e. The molecule has 3 aromatic rings. The fourth-order valence-corrected chi connectivity index (χ4v) is 4.69. The van der Waals surface area contributed by atoms with Crippen LogP contribution in [-0.4, -0.2) is 41.7 Å². The molecule has 0 radical (unpaired) electrons. The Bertz CT molecular complexity index is 1130. The number of rotatable bonds is 2. The molecular formula is C22H22F2N4. The average Bonchev–Trinajstić information content (AvgIpc) is 3.25. The predicted molar refractivity (Wildman–Crippen MR) is 106 cm³/mol. The van der Waals surface area contributed by atoms with Crippen molar-refractivity contribution in [3.63, 3.8) is 0 Å². The summed E-state index contributed by atoms with van der Waals surface area (Å²) >= 11 is 0. The van der Waals surface area contributed by atoms with Crippen LogP contribution in [0.5, 0.6) is 0 Å². The molecule has 0 saturated carbocycles. The summed E-state index contributed by atoms with van der Waals surface area (Å²) in [6.07, 6.45) is 2.92. The highest BCUT2D eigenvalue weighted by molar-refractivity contribution is 5.85. The van der Waals surface area contributed by atoms with E-state index in [9.17, 15) is 4.39 Å². The maximum absolute atomic E-state index is 15.1. The van der Waals surface area contributed by atoms with Gasteiger partial charge in [0.25, 0.3) is 0 Å². The number of hydrogen-bond acceptors (Lipinski definition) is 3. The van der Waals surface area contributed by atoms with Gasteiger partial charge in [0.05, 0.1) is 16.6 Å². The largest absolute Gasteiger partial charge is 0.363 e. The van der Waals surface area contributed by atoms with Gasteiger partial charge in [0.1, 0.15) is 11.6 Å². The first-order valence-corrected chi connectivity index (χ1v) is 9.55. The number of aromatic nitrogens is 1. The summed E-state index contributed by atoms with van der Waals surface area (Å²) in [5, 5.41) is 9.29. The highest BCUT2D eigenvalue weighted by Crippen LogP contribution is 2.36. The molecule has 6 heteroatoms. The number of likely N-dealkylation sites (tertiary alicyclic amines) is 1.